The third-order valence-electron chi connectivity index (χ3n) is 3.67. The lowest BCUT2D eigenvalue weighted by Crippen LogP contribution is -2.47. The van der Waals surface area contributed by atoms with Crippen LogP contribution in [-0.2, 0) is 7.05 Å². The summed E-state index contributed by atoms with van der Waals surface area (Å²) in [4.78, 5) is 4.77. The van der Waals surface area contributed by atoms with Gasteiger partial charge in [0.15, 0.2) is 0 Å². The summed E-state index contributed by atoms with van der Waals surface area (Å²) >= 11 is 0. The number of aromatic nitrogens is 2. The van der Waals surface area contributed by atoms with Crippen LogP contribution in [0.4, 0.5) is 5.82 Å². The Morgan fingerprint density at radius 3 is 2.47 bits per heavy atom. The van der Waals surface area contributed by atoms with Crippen LogP contribution in [0.2, 0.25) is 0 Å². The van der Waals surface area contributed by atoms with Crippen LogP contribution >= 0.6 is 0 Å². The van der Waals surface area contributed by atoms with Crippen LogP contribution in [0.15, 0.2) is 0 Å². The lowest BCUT2D eigenvalue weighted by atomic mass is 10.2. The average molecular weight is 264 g/mol. The van der Waals surface area contributed by atoms with Crippen LogP contribution in [0.25, 0.3) is 0 Å². The third-order valence-corrected chi connectivity index (χ3v) is 3.67. The molecular weight excluding hydrogens is 240 g/mol. The molecule has 0 amide bonds. The van der Waals surface area contributed by atoms with Crippen molar-refractivity contribution >= 4 is 11.7 Å². The van der Waals surface area contributed by atoms with Crippen molar-refractivity contribution in [2.75, 3.05) is 37.6 Å². The van der Waals surface area contributed by atoms with E-state index in [-0.39, 0.29) is 5.84 Å². The van der Waals surface area contributed by atoms with Crippen molar-refractivity contribution in [3.05, 3.63) is 11.3 Å². The molecule has 1 aromatic heterocycles. The van der Waals surface area contributed by atoms with E-state index in [0.29, 0.717) is 0 Å². The van der Waals surface area contributed by atoms with Gasteiger partial charge in [-0.2, -0.15) is 5.10 Å². The van der Waals surface area contributed by atoms with Crippen LogP contribution in [0.3, 0.4) is 0 Å². The minimum atomic E-state index is 0.108. The molecule has 0 atom stereocenters. The number of nitrogens with two attached hydrogens (primary N) is 1. The Bertz CT molecular complexity index is 456. The number of anilines is 1. The maximum absolute atomic E-state index is 7.74. The van der Waals surface area contributed by atoms with Gasteiger partial charge in [0.1, 0.15) is 11.7 Å². The molecule has 0 aromatic carbocycles. The highest BCUT2D eigenvalue weighted by molar-refractivity contribution is 6.00. The number of nitrogens with zero attached hydrogens (tertiary/aromatic N) is 4. The number of rotatable bonds is 4. The van der Waals surface area contributed by atoms with Crippen molar-refractivity contribution in [1.82, 2.24) is 14.7 Å². The molecule has 0 saturated carbocycles. The molecule has 19 heavy (non-hydrogen) atoms. The van der Waals surface area contributed by atoms with E-state index in [1.165, 1.54) is 6.42 Å². The molecule has 1 aromatic rings. The van der Waals surface area contributed by atoms with Crippen LogP contribution in [-0.4, -0.2) is 53.2 Å². The fourth-order valence-corrected chi connectivity index (χ4v) is 2.82. The predicted molar refractivity (Wildman–Crippen MR) is 77.9 cm³/mol. The molecule has 2 heterocycles. The predicted octanol–water partition coefficient (Wildman–Crippen LogP) is 0.545. The Morgan fingerprint density at radius 2 is 1.95 bits per heavy atom. The van der Waals surface area contributed by atoms with Crippen LogP contribution in [0, 0.1) is 12.3 Å². The zero-order valence-corrected chi connectivity index (χ0v) is 12.1. The summed E-state index contributed by atoms with van der Waals surface area (Å²) in [5.41, 5.74) is 7.32. The summed E-state index contributed by atoms with van der Waals surface area (Å²) in [6.07, 6.45) is 1.20. The summed E-state index contributed by atoms with van der Waals surface area (Å²) in [5, 5.41) is 12.1. The second-order valence-corrected chi connectivity index (χ2v) is 5.15. The minimum Gasteiger partial charge on any atom is -0.384 e. The zero-order chi connectivity index (χ0) is 14.0. The molecule has 0 spiro atoms. The lowest BCUT2D eigenvalue weighted by molar-refractivity contribution is 0.257. The molecule has 2 rings (SSSR count). The van der Waals surface area contributed by atoms with Gasteiger partial charge in [0.2, 0.25) is 0 Å². The van der Waals surface area contributed by atoms with Crippen LogP contribution < -0.4 is 10.6 Å². The summed E-state index contributed by atoms with van der Waals surface area (Å²) in [5.74, 6) is 1.10. The summed E-state index contributed by atoms with van der Waals surface area (Å²) < 4.78 is 1.85. The van der Waals surface area contributed by atoms with E-state index in [0.717, 1.165) is 49.8 Å². The quantitative estimate of drug-likeness (QED) is 0.615. The smallest absolute Gasteiger partial charge is 0.137 e. The number of hydrogen-bond acceptors (Lipinski definition) is 4. The molecule has 1 fully saturated rings. The second kappa shape index (κ2) is 5.61. The monoisotopic (exact) mass is 264 g/mol. The summed E-state index contributed by atoms with van der Waals surface area (Å²) in [6.45, 7) is 9.36. The van der Waals surface area contributed by atoms with Gasteiger partial charge in [-0.3, -0.25) is 15.0 Å². The Morgan fingerprint density at radius 1 is 1.32 bits per heavy atom. The molecule has 1 aliphatic heterocycles. The van der Waals surface area contributed by atoms with Gasteiger partial charge >= 0.3 is 0 Å². The molecule has 6 heteroatoms. The number of nitrogens with one attached hydrogen (secondary N) is 1. The van der Waals surface area contributed by atoms with Crippen molar-refractivity contribution in [3.63, 3.8) is 0 Å². The molecule has 1 saturated heterocycles. The van der Waals surface area contributed by atoms with E-state index in [9.17, 15) is 0 Å². The fourth-order valence-electron chi connectivity index (χ4n) is 2.82. The standard InChI is InChI=1S/C13H24N6/c1-4-5-18-6-8-19(9-7-18)13-11(12(14)15)10(2)16-17(13)3/h4-9H2,1-3H3,(H3,14,15). The third kappa shape index (κ3) is 2.73. The first-order valence-corrected chi connectivity index (χ1v) is 6.89. The van der Waals surface area contributed by atoms with E-state index in [2.05, 4.69) is 21.8 Å². The highest BCUT2D eigenvalue weighted by atomic mass is 15.4. The molecular formula is C13H24N6. The molecule has 0 aliphatic carbocycles. The van der Waals surface area contributed by atoms with Crippen LogP contribution in [0.1, 0.15) is 24.6 Å². The highest BCUT2D eigenvalue weighted by Crippen LogP contribution is 2.23. The Balaban J connectivity index is 2.17. The number of amidine groups is 1. The van der Waals surface area contributed by atoms with E-state index in [1.807, 2.05) is 18.7 Å². The first-order chi connectivity index (χ1) is 9.04. The summed E-state index contributed by atoms with van der Waals surface area (Å²) in [6, 6.07) is 0. The summed E-state index contributed by atoms with van der Waals surface area (Å²) in [7, 11) is 1.92. The normalized spacial score (nSPS) is 16.9. The van der Waals surface area contributed by atoms with Gasteiger partial charge < -0.3 is 10.6 Å². The molecule has 0 unspecified atom stereocenters. The topological polar surface area (TPSA) is 74.2 Å². The minimum absolute atomic E-state index is 0.108. The molecule has 0 bridgehead atoms. The van der Waals surface area contributed by atoms with Gasteiger partial charge in [-0.1, -0.05) is 6.92 Å². The SMILES string of the molecule is CCCN1CCN(c2c(C(=N)N)c(C)nn2C)CC1. The van der Waals surface area contributed by atoms with Gasteiger partial charge in [-0.25, -0.2) is 0 Å². The Hall–Kier alpha value is -1.56. The van der Waals surface area contributed by atoms with Crippen molar-refractivity contribution in [1.29, 1.82) is 5.41 Å². The number of piperazine rings is 1. The Labute approximate surface area is 114 Å². The average Bonchev–Trinajstić information content (AvgIpc) is 2.66. The lowest BCUT2D eigenvalue weighted by Gasteiger charge is -2.36. The van der Waals surface area contributed by atoms with Crippen molar-refractivity contribution in [2.24, 2.45) is 12.8 Å². The van der Waals surface area contributed by atoms with Gasteiger partial charge in [0.25, 0.3) is 0 Å². The van der Waals surface area contributed by atoms with Gasteiger partial charge in [0.05, 0.1) is 11.3 Å². The maximum atomic E-state index is 7.74. The van der Waals surface area contributed by atoms with Gasteiger partial charge in [0, 0.05) is 33.2 Å². The Kier molecular flexibility index (Phi) is 4.09. The number of aryl methyl sites for hydroxylation is 2. The number of nitrogen functional groups attached to an aromatic ring is 1. The fraction of sp³-hybridized carbons (Fsp3) is 0.692. The largest absolute Gasteiger partial charge is 0.384 e. The number of hydrogen-bond donors (Lipinski definition) is 2. The van der Waals surface area contributed by atoms with Gasteiger partial charge in [-0.05, 0) is 19.9 Å². The van der Waals surface area contributed by atoms with E-state index in [4.69, 9.17) is 11.1 Å². The van der Waals surface area contributed by atoms with E-state index >= 15 is 0 Å². The van der Waals surface area contributed by atoms with Crippen molar-refractivity contribution in [2.45, 2.75) is 20.3 Å². The van der Waals surface area contributed by atoms with Crippen molar-refractivity contribution in [3.8, 4) is 0 Å². The highest BCUT2D eigenvalue weighted by Gasteiger charge is 2.24. The first-order valence-electron chi connectivity index (χ1n) is 6.89. The zero-order valence-electron chi connectivity index (χ0n) is 12.1. The first kappa shape index (κ1) is 13.9. The van der Waals surface area contributed by atoms with E-state index in [1.54, 1.807) is 0 Å². The molecule has 6 nitrogen and oxygen atoms in total. The molecule has 1 aliphatic rings. The van der Waals surface area contributed by atoms with Gasteiger partial charge in [-0.15, -0.1) is 0 Å². The van der Waals surface area contributed by atoms with Crippen LogP contribution in [0.5, 0.6) is 0 Å². The van der Waals surface area contributed by atoms with Crippen molar-refractivity contribution < 1.29 is 0 Å². The second-order valence-electron chi connectivity index (χ2n) is 5.15. The molecule has 106 valence electrons. The maximum Gasteiger partial charge on any atom is 0.137 e. The molecule has 3 N–H and O–H groups in total. The molecule has 0 radical (unpaired) electrons. The van der Waals surface area contributed by atoms with E-state index < -0.39 is 0 Å².